The van der Waals surface area contributed by atoms with Gasteiger partial charge in [0, 0.05) is 32.3 Å². The summed E-state index contributed by atoms with van der Waals surface area (Å²) < 4.78 is 15.8. The van der Waals surface area contributed by atoms with Gasteiger partial charge in [-0.15, -0.1) is 0 Å². The van der Waals surface area contributed by atoms with Crippen LogP contribution >= 0.6 is 0 Å². The van der Waals surface area contributed by atoms with Crippen LogP contribution < -0.4 is 0 Å². The quantitative estimate of drug-likeness (QED) is 0.283. The molecule has 7 aliphatic rings. The highest BCUT2D eigenvalue weighted by atomic mass is 16.5. The molecule has 0 aromatic rings. The third kappa shape index (κ3) is 32.3. The molecule has 4 aliphatic carbocycles. The Labute approximate surface area is 399 Å². The van der Waals surface area contributed by atoms with Crippen molar-refractivity contribution in [1.82, 2.24) is 0 Å². The second-order valence-electron chi connectivity index (χ2n) is 29.8. The lowest BCUT2D eigenvalue weighted by Gasteiger charge is -2.37. The molecule has 0 amide bonds. The summed E-state index contributed by atoms with van der Waals surface area (Å²) in [7, 11) is 0. The Morgan fingerprint density at radius 2 is 0.587 bits per heavy atom. The van der Waals surface area contributed by atoms with E-state index < -0.39 is 0 Å². The molecule has 2 atom stereocenters. The Morgan fingerprint density at radius 3 is 0.714 bits per heavy atom. The van der Waals surface area contributed by atoms with Gasteiger partial charge >= 0.3 is 0 Å². The van der Waals surface area contributed by atoms with E-state index in [2.05, 4.69) is 145 Å². The summed E-state index contributed by atoms with van der Waals surface area (Å²) in [6.07, 6.45) is 27.5. The SMILES string of the molecule is CC(C)(C)C1CCCCC1.CC(C)(C)C1CCCOC1.CC(C)(C)C1CCOC1.CC(C)(C)C1COC1.CC(C)(C)CC1CC1.CC(C)(C)CC1CCC1.CC(C)(C)CC1CCC1. The molecule has 0 N–H and O–H groups in total. The molecule has 378 valence electrons. The zero-order valence-corrected chi connectivity index (χ0v) is 47.4. The molecule has 3 nitrogen and oxygen atoms in total. The molecule has 3 saturated heterocycles. The van der Waals surface area contributed by atoms with Gasteiger partial charge in [0.15, 0.2) is 0 Å². The first-order chi connectivity index (χ1) is 28.7. The largest absolute Gasteiger partial charge is 0.381 e. The topological polar surface area (TPSA) is 27.7 Å². The van der Waals surface area contributed by atoms with Gasteiger partial charge in [-0.25, -0.2) is 0 Å². The predicted octanol–water partition coefficient (Wildman–Crippen LogP) is 19.1. The summed E-state index contributed by atoms with van der Waals surface area (Å²) in [5.41, 5.74) is 3.67. The number of rotatable bonds is 3. The highest BCUT2D eigenvalue weighted by Gasteiger charge is 2.32. The second-order valence-corrected chi connectivity index (χ2v) is 29.8. The molecule has 3 heteroatoms. The van der Waals surface area contributed by atoms with Crippen LogP contribution in [0.25, 0.3) is 0 Å². The Bertz CT molecular complexity index is 1050. The van der Waals surface area contributed by atoms with Crippen LogP contribution in [0.4, 0.5) is 0 Å². The van der Waals surface area contributed by atoms with Gasteiger partial charge in [0.05, 0.1) is 13.2 Å². The fraction of sp³-hybridized carbons (Fsp3) is 1.00. The van der Waals surface area contributed by atoms with E-state index >= 15 is 0 Å². The Balaban J connectivity index is 0.000000368. The summed E-state index contributed by atoms with van der Waals surface area (Å²) >= 11 is 0. The molecule has 0 aromatic heterocycles. The van der Waals surface area contributed by atoms with Gasteiger partial charge in [-0.2, -0.15) is 0 Å². The van der Waals surface area contributed by atoms with Crippen molar-refractivity contribution in [3.8, 4) is 0 Å². The van der Waals surface area contributed by atoms with Gasteiger partial charge in [-0.1, -0.05) is 216 Å². The summed E-state index contributed by atoms with van der Waals surface area (Å²) in [4.78, 5) is 0. The van der Waals surface area contributed by atoms with E-state index in [1.807, 2.05) is 0 Å². The molecule has 2 unspecified atom stereocenters. The van der Waals surface area contributed by atoms with Gasteiger partial charge in [-0.05, 0) is 125 Å². The van der Waals surface area contributed by atoms with Crippen LogP contribution in [0.3, 0.4) is 0 Å². The first-order valence-electron chi connectivity index (χ1n) is 27.4. The van der Waals surface area contributed by atoms with Crippen molar-refractivity contribution in [1.29, 1.82) is 0 Å². The van der Waals surface area contributed by atoms with E-state index in [4.69, 9.17) is 14.2 Å². The molecule has 7 rings (SSSR count). The molecule has 63 heavy (non-hydrogen) atoms. The molecular formula is C60H120O3. The minimum atomic E-state index is 0.445. The molecule has 3 aliphatic heterocycles. The summed E-state index contributed by atoms with van der Waals surface area (Å²) in [6.45, 7) is 54.5. The number of hydrogen-bond donors (Lipinski definition) is 0. The van der Waals surface area contributed by atoms with Crippen LogP contribution in [0.1, 0.15) is 267 Å². The normalized spacial score (nSPS) is 24.1. The third-order valence-electron chi connectivity index (χ3n) is 15.1. The van der Waals surface area contributed by atoms with Crippen molar-refractivity contribution in [3.05, 3.63) is 0 Å². The van der Waals surface area contributed by atoms with Crippen LogP contribution in [0, 0.1) is 79.3 Å². The van der Waals surface area contributed by atoms with Crippen LogP contribution in [-0.2, 0) is 14.2 Å². The van der Waals surface area contributed by atoms with E-state index in [0.29, 0.717) is 37.9 Å². The molecule has 0 radical (unpaired) electrons. The van der Waals surface area contributed by atoms with Gasteiger partial charge < -0.3 is 14.2 Å². The fourth-order valence-corrected chi connectivity index (χ4v) is 9.66. The minimum Gasteiger partial charge on any atom is -0.381 e. The Hall–Kier alpha value is -0.120. The average Bonchev–Trinajstić information content (AvgIpc) is 3.67. The molecule has 4 saturated carbocycles. The van der Waals surface area contributed by atoms with Gasteiger partial charge in [0.1, 0.15) is 0 Å². The van der Waals surface area contributed by atoms with Crippen LogP contribution in [0.2, 0.25) is 0 Å². The third-order valence-corrected chi connectivity index (χ3v) is 15.1. The first-order valence-corrected chi connectivity index (χ1v) is 27.4. The lowest BCUT2D eigenvalue weighted by Crippen LogP contribution is -2.37. The standard InChI is InChI=1S/C10H20.C9H18O.2C9H18.C8H16O.C8H16.C7H14O/c1-10(2,3)9-7-5-4-6-8-9;1-9(2,3)8-5-4-6-10-7-8;2*1-9(2,3)7-8-5-4-6-8;1-8(2,3)7-4-5-9-6-7;1-8(2,3)6-7-4-5-7;1-7(2,3)6-4-8-5-6/h9H,4-8H2,1-3H3;8H,4-7H2,1-3H3;2*8H,4-7H2,1-3H3;7H,4-6H2,1-3H3;7H,4-6H2,1-3H3;6H,4-5H2,1-3H3. The first kappa shape index (κ1) is 60.9. The average molecular weight is 890 g/mol. The minimum absolute atomic E-state index is 0.445. The zero-order valence-electron chi connectivity index (χ0n) is 47.4. The monoisotopic (exact) mass is 889 g/mol. The predicted molar refractivity (Wildman–Crippen MR) is 281 cm³/mol. The van der Waals surface area contributed by atoms with Crippen molar-refractivity contribution < 1.29 is 14.2 Å². The van der Waals surface area contributed by atoms with Gasteiger partial charge in [0.25, 0.3) is 0 Å². The lowest BCUT2D eigenvalue weighted by molar-refractivity contribution is -0.0821. The smallest absolute Gasteiger partial charge is 0.0521 e. The second kappa shape index (κ2) is 27.8. The van der Waals surface area contributed by atoms with E-state index in [-0.39, 0.29) is 0 Å². The van der Waals surface area contributed by atoms with Crippen LogP contribution in [0.15, 0.2) is 0 Å². The van der Waals surface area contributed by atoms with E-state index in [1.54, 1.807) is 0 Å². The van der Waals surface area contributed by atoms with Crippen molar-refractivity contribution in [2.24, 2.45) is 79.3 Å². The van der Waals surface area contributed by atoms with Crippen molar-refractivity contribution in [2.45, 2.75) is 267 Å². The maximum absolute atomic E-state index is 5.41. The summed E-state index contributed by atoms with van der Waals surface area (Å²) in [5, 5.41) is 0. The molecule has 3 heterocycles. The van der Waals surface area contributed by atoms with Gasteiger partial charge in [0.2, 0.25) is 0 Å². The van der Waals surface area contributed by atoms with Crippen LogP contribution in [0.5, 0.6) is 0 Å². The van der Waals surface area contributed by atoms with Gasteiger partial charge in [-0.3, -0.25) is 0 Å². The zero-order chi connectivity index (χ0) is 48.3. The molecule has 0 aromatic carbocycles. The van der Waals surface area contributed by atoms with Crippen molar-refractivity contribution >= 4 is 0 Å². The molecular weight excluding hydrogens is 769 g/mol. The maximum Gasteiger partial charge on any atom is 0.0521 e. The Kier molecular flexibility index (Phi) is 26.8. The van der Waals surface area contributed by atoms with Crippen molar-refractivity contribution in [2.75, 3.05) is 39.6 Å². The number of ether oxygens (including phenoxy) is 3. The summed E-state index contributed by atoms with van der Waals surface area (Å²) in [6, 6.07) is 0. The lowest BCUT2D eigenvalue weighted by atomic mass is 9.72. The highest BCUT2D eigenvalue weighted by Crippen LogP contribution is 2.41. The van der Waals surface area contributed by atoms with Crippen LogP contribution in [-0.4, -0.2) is 39.6 Å². The van der Waals surface area contributed by atoms with E-state index in [9.17, 15) is 0 Å². The van der Waals surface area contributed by atoms with E-state index in [1.165, 1.54) is 122 Å². The highest BCUT2D eigenvalue weighted by molar-refractivity contribution is 4.81. The summed E-state index contributed by atoms with van der Waals surface area (Å²) in [5.74, 6) is 6.62. The van der Waals surface area contributed by atoms with Crippen molar-refractivity contribution in [3.63, 3.8) is 0 Å². The molecule has 0 spiro atoms. The molecule has 7 fully saturated rings. The Morgan fingerprint density at radius 1 is 0.270 bits per heavy atom. The van der Waals surface area contributed by atoms with E-state index in [0.717, 1.165) is 81.1 Å². The molecule has 0 bridgehead atoms. The maximum atomic E-state index is 5.41. The number of hydrogen-bond acceptors (Lipinski definition) is 3. The fourth-order valence-electron chi connectivity index (χ4n) is 9.66.